The van der Waals surface area contributed by atoms with Crippen LogP contribution in [0.15, 0.2) is 176 Å². The number of nitrogens with zero attached hydrogens (tertiary/aromatic N) is 1. The van der Waals surface area contributed by atoms with Crippen molar-refractivity contribution >= 4 is 17.1 Å². The maximum atomic E-state index is 2.45. The Morgan fingerprint density at radius 2 is 0.837 bits per heavy atom. The molecule has 0 atom stereocenters. The van der Waals surface area contributed by atoms with Gasteiger partial charge in [-0.2, -0.15) is 0 Å². The summed E-state index contributed by atoms with van der Waals surface area (Å²) in [5.74, 6) is 0. The van der Waals surface area contributed by atoms with Gasteiger partial charge in [-0.15, -0.1) is 0 Å². The van der Waals surface area contributed by atoms with E-state index in [1.165, 1.54) is 55.6 Å². The summed E-state index contributed by atoms with van der Waals surface area (Å²) >= 11 is 0. The zero-order chi connectivity index (χ0) is 33.6. The molecule has 0 aromatic heterocycles. The Balaban J connectivity index is 1.36. The predicted octanol–water partition coefficient (Wildman–Crippen LogP) is 13.4. The fraction of sp³-hybridized carbons (Fsp3) is 0.125. The van der Waals surface area contributed by atoms with Crippen LogP contribution in [-0.2, 0) is 10.8 Å². The molecule has 0 spiro atoms. The SMILES string of the molecule is CC1(C)c2ccc(-c3cc(-c4ccccc4)cc(N(c4ccccc4)c4ccccc4)c3)cc2-c2cccc(-c3ccccc3)c2C1(C)C. The number of anilines is 3. The molecule has 1 heteroatoms. The Labute approximate surface area is 291 Å². The lowest BCUT2D eigenvalue weighted by atomic mass is 9.54. The van der Waals surface area contributed by atoms with Crippen LogP contribution in [0.5, 0.6) is 0 Å². The van der Waals surface area contributed by atoms with Gasteiger partial charge in [-0.25, -0.2) is 0 Å². The molecule has 1 aliphatic carbocycles. The van der Waals surface area contributed by atoms with Crippen LogP contribution in [0.25, 0.3) is 44.5 Å². The highest BCUT2D eigenvalue weighted by molar-refractivity contribution is 5.90. The zero-order valence-corrected chi connectivity index (χ0v) is 28.7. The summed E-state index contributed by atoms with van der Waals surface area (Å²) in [6.45, 7) is 9.68. The van der Waals surface area contributed by atoms with E-state index in [9.17, 15) is 0 Å². The molecule has 1 aliphatic rings. The molecule has 7 aromatic carbocycles. The van der Waals surface area contributed by atoms with Gasteiger partial charge in [0.05, 0.1) is 0 Å². The minimum absolute atomic E-state index is 0.0877. The van der Waals surface area contributed by atoms with Gasteiger partial charge in [0, 0.05) is 22.5 Å². The van der Waals surface area contributed by atoms with E-state index in [2.05, 4.69) is 209 Å². The third kappa shape index (κ3) is 5.27. The van der Waals surface area contributed by atoms with Gasteiger partial charge in [0.15, 0.2) is 0 Å². The Bertz CT molecular complexity index is 2210. The molecule has 1 nitrogen and oxygen atoms in total. The summed E-state index contributed by atoms with van der Waals surface area (Å²) < 4.78 is 0. The van der Waals surface area contributed by atoms with Gasteiger partial charge in [0.1, 0.15) is 0 Å². The van der Waals surface area contributed by atoms with E-state index >= 15 is 0 Å². The van der Waals surface area contributed by atoms with E-state index in [0.717, 1.165) is 17.1 Å². The first kappa shape index (κ1) is 30.7. The number of hydrogen-bond donors (Lipinski definition) is 0. The summed E-state index contributed by atoms with van der Waals surface area (Å²) in [5, 5.41) is 0. The molecule has 7 aromatic rings. The van der Waals surface area contributed by atoms with Crippen LogP contribution in [0.2, 0.25) is 0 Å². The molecular weight excluding hydrogens is 591 g/mol. The number of hydrogen-bond acceptors (Lipinski definition) is 1. The molecule has 49 heavy (non-hydrogen) atoms. The average Bonchev–Trinajstić information content (AvgIpc) is 3.15. The van der Waals surface area contributed by atoms with Crippen molar-refractivity contribution in [3.05, 3.63) is 187 Å². The molecule has 0 unspecified atom stereocenters. The van der Waals surface area contributed by atoms with Crippen molar-refractivity contribution in [2.45, 2.75) is 38.5 Å². The number of benzene rings is 7. The molecule has 0 bridgehead atoms. The Hall–Kier alpha value is -5.66. The lowest BCUT2D eigenvalue weighted by Crippen LogP contribution is -2.44. The van der Waals surface area contributed by atoms with Crippen LogP contribution in [0.4, 0.5) is 17.1 Å². The summed E-state index contributed by atoms with van der Waals surface area (Å²) in [4.78, 5) is 2.36. The minimum Gasteiger partial charge on any atom is -0.310 e. The third-order valence-electron chi connectivity index (χ3n) is 11.0. The third-order valence-corrected chi connectivity index (χ3v) is 11.0. The van der Waals surface area contributed by atoms with E-state index < -0.39 is 0 Å². The molecule has 0 N–H and O–H groups in total. The second-order valence-electron chi connectivity index (χ2n) is 14.2. The van der Waals surface area contributed by atoms with Crippen molar-refractivity contribution in [2.75, 3.05) is 4.90 Å². The quantitative estimate of drug-likeness (QED) is 0.176. The Kier molecular flexibility index (Phi) is 7.57. The highest BCUT2D eigenvalue weighted by atomic mass is 15.1. The summed E-state index contributed by atoms with van der Waals surface area (Å²) in [7, 11) is 0. The number of para-hydroxylation sites is 2. The van der Waals surface area contributed by atoms with Crippen molar-refractivity contribution in [1.29, 1.82) is 0 Å². The van der Waals surface area contributed by atoms with Gasteiger partial charge < -0.3 is 4.90 Å². The van der Waals surface area contributed by atoms with E-state index in [4.69, 9.17) is 0 Å². The second kappa shape index (κ2) is 12.1. The van der Waals surface area contributed by atoms with E-state index in [1.54, 1.807) is 0 Å². The normalized spacial score (nSPS) is 14.0. The Morgan fingerprint density at radius 3 is 1.43 bits per heavy atom. The highest BCUT2D eigenvalue weighted by Gasteiger charge is 2.47. The molecule has 0 saturated heterocycles. The van der Waals surface area contributed by atoms with Crippen molar-refractivity contribution in [3.8, 4) is 44.5 Å². The van der Waals surface area contributed by atoms with Crippen molar-refractivity contribution in [3.63, 3.8) is 0 Å². The second-order valence-corrected chi connectivity index (χ2v) is 14.2. The maximum Gasteiger partial charge on any atom is 0.0473 e. The van der Waals surface area contributed by atoms with Crippen LogP contribution in [-0.4, -0.2) is 0 Å². The first-order valence-electron chi connectivity index (χ1n) is 17.3. The molecular formula is C48H41N. The fourth-order valence-corrected chi connectivity index (χ4v) is 7.75. The Morgan fingerprint density at radius 1 is 0.327 bits per heavy atom. The summed E-state index contributed by atoms with van der Waals surface area (Å²) in [6.07, 6.45) is 0. The topological polar surface area (TPSA) is 3.24 Å². The number of fused-ring (bicyclic) bond motifs is 3. The highest BCUT2D eigenvalue weighted by Crippen LogP contribution is 2.56. The van der Waals surface area contributed by atoms with Crippen LogP contribution in [0.3, 0.4) is 0 Å². The van der Waals surface area contributed by atoms with Crippen molar-refractivity contribution < 1.29 is 0 Å². The molecule has 0 saturated carbocycles. The smallest absolute Gasteiger partial charge is 0.0473 e. The van der Waals surface area contributed by atoms with Gasteiger partial charge in [0.2, 0.25) is 0 Å². The molecule has 0 aliphatic heterocycles. The van der Waals surface area contributed by atoms with Crippen LogP contribution < -0.4 is 4.90 Å². The van der Waals surface area contributed by atoms with Crippen molar-refractivity contribution in [1.82, 2.24) is 0 Å². The van der Waals surface area contributed by atoms with Gasteiger partial charge in [0.25, 0.3) is 0 Å². The number of rotatable bonds is 6. The minimum atomic E-state index is -0.0901. The predicted molar refractivity (Wildman–Crippen MR) is 209 cm³/mol. The van der Waals surface area contributed by atoms with Gasteiger partial charge in [-0.05, 0) is 110 Å². The zero-order valence-electron chi connectivity index (χ0n) is 28.7. The molecule has 0 amide bonds. The van der Waals surface area contributed by atoms with Gasteiger partial charge >= 0.3 is 0 Å². The van der Waals surface area contributed by atoms with Crippen molar-refractivity contribution in [2.24, 2.45) is 0 Å². The van der Waals surface area contributed by atoms with Gasteiger partial charge in [-0.1, -0.05) is 155 Å². The van der Waals surface area contributed by atoms with Crippen LogP contribution in [0.1, 0.15) is 38.8 Å². The van der Waals surface area contributed by atoms with Crippen LogP contribution >= 0.6 is 0 Å². The molecule has 8 rings (SSSR count). The fourth-order valence-electron chi connectivity index (χ4n) is 7.75. The summed E-state index contributed by atoms with van der Waals surface area (Å²) in [6, 6.07) is 64.1. The molecule has 0 fully saturated rings. The first-order chi connectivity index (χ1) is 23.8. The lowest BCUT2D eigenvalue weighted by Gasteiger charge is -2.49. The largest absolute Gasteiger partial charge is 0.310 e. The molecule has 238 valence electrons. The van der Waals surface area contributed by atoms with E-state index in [1.807, 2.05) is 0 Å². The lowest BCUT2D eigenvalue weighted by molar-refractivity contribution is 0.300. The maximum absolute atomic E-state index is 2.45. The van der Waals surface area contributed by atoms with Gasteiger partial charge in [-0.3, -0.25) is 0 Å². The van der Waals surface area contributed by atoms with E-state index in [0.29, 0.717) is 0 Å². The molecule has 0 heterocycles. The standard InChI is InChI=1S/C48H41N/c1-47(2)45-29-28-36(33-44(45)43-27-17-26-42(46(43)48(47,3)4)35-20-11-6-12-21-35)38-30-37(34-18-9-5-10-19-34)31-41(32-38)49(39-22-13-7-14-23-39)40-24-15-8-16-25-40/h5-33H,1-4H3. The summed E-state index contributed by atoms with van der Waals surface area (Å²) in [5.41, 5.74) is 16.1. The molecule has 0 radical (unpaired) electrons. The monoisotopic (exact) mass is 631 g/mol. The van der Waals surface area contributed by atoms with Crippen LogP contribution in [0, 0.1) is 0 Å². The van der Waals surface area contributed by atoms with E-state index in [-0.39, 0.29) is 10.8 Å². The average molecular weight is 632 g/mol. The first-order valence-corrected chi connectivity index (χ1v) is 17.3.